The van der Waals surface area contributed by atoms with E-state index in [1.165, 1.54) is 11.8 Å². The van der Waals surface area contributed by atoms with Crippen molar-refractivity contribution < 1.29 is 19.4 Å². The number of ether oxygens (including phenoxy) is 1. The van der Waals surface area contributed by atoms with Gasteiger partial charge in [0.2, 0.25) is 5.91 Å². The summed E-state index contributed by atoms with van der Waals surface area (Å²) in [7, 11) is 0. The lowest BCUT2D eigenvalue weighted by Crippen LogP contribution is -2.32. The van der Waals surface area contributed by atoms with Gasteiger partial charge in [0.15, 0.2) is 0 Å². The van der Waals surface area contributed by atoms with Gasteiger partial charge in [0.1, 0.15) is 0 Å². The first-order valence-corrected chi connectivity index (χ1v) is 8.09. The van der Waals surface area contributed by atoms with Crippen molar-refractivity contribution >= 4 is 23.6 Å². The summed E-state index contributed by atoms with van der Waals surface area (Å²) in [4.78, 5) is 22.4. The largest absolute Gasteiger partial charge is 0.478 e. The first-order chi connectivity index (χ1) is 10.1. The Morgan fingerprint density at radius 1 is 1.33 bits per heavy atom. The molecule has 21 heavy (non-hydrogen) atoms. The van der Waals surface area contributed by atoms with E-state index in [1.807, 2.05) is 0 Å². The summed E-state index contributed by atoms with van der Waals surface area (Å²) in [5, 5.41) is 11.7. The van der Waals surface area contributed by atoms with Crippen molar-refractivity contribution in [3.8, 4) is 0 Å². The van der Waals surface area contributed by atoms with E-state index < -0.39 is 5.97 Å². The van der Waals surface area contributed by atoms with Gasteiger partial charge in [0.05, 0.1) is 17.4 Å². The fourth-order valence-corrected chi connectivity index (χ4v) is 2.91. The molecule has 0 aromatic heterocycles. The SMILES string of the molecule is O=C(CSCc1ccc(C(=O)O)cc1)NCC1CCCO1. The molecule has 2 N–H and O–H groups in total. The summed E-state index contributed by atoms with van der Waals surface area (Å²) >= 11 is 1.51. The van der Waals surface area contributed by atoms with Gasteiger partial charge in [-0.25, -0.2) is 4.79 Å². The maximum atomic E-state index is 11.7. The number of hydrogen-bond acceptors (Lipinski definition) is 4. The molecule has 0 aliphatic carbocycles. The van der Waals surface area contributed by atoms with Crippen molar-refractivity contribution in [2.75, 3.05) is 18.9 Å². The average Bonchev–Trinajstić information content (AvgIpc) is 2.99. The van der Waals surface area contributed by atoms with Gasteiger partial charge < -0.3 is 15.2 Å². The van der Waals surface area contributed by atoms with E-state index in [9.17, 15) is 9.59 Å². The van der Waals surface area contributed by atoms with Crippen molar-refractivity contribution in [3.63, 3.8) is 0 Å². The fraction of sp³-hybridized carbons (Fsp3) is 0.467. The van der Waals surface area contributed by atoms with Crippen molar-refractivity contribution in [3.05, 3.63) is 35.4 Å². The van der Waals surface area contributed by atoms with Crippen LogP contribution in [-0.4, -0.2) is 42.0 Å². The van der Waals surface area contributed by atoms with Gasteiger partial charge in [-0.1, -0.05) is 12.1 Å². The number of aromatic carboxylic acids is 1. The molecule has 1 unspecified atom stereocenters. The number of carboxylic acid groups (broad SMARTS) is 1. The molecule has 1 amide bonds. The molecule has 1 heterocycles. The van der Waals surface area contributed by atoms with Crippen molar-refractivity contribution in [1.82, 2.24) is 5.32 Å². The quantitative estimate of drug-likeness (QED) is 0.805. The second kappa shape index (κ2) is 8.05. The maximum Gasteiger partial charge on any atom is 0.335 e. The zero-order valence-corrected chi connectivity index (χ0v) is 12.5. The standard InChI is InChI=1S/C15H19NO4S/c17-14(16-8-13-2-1-7-20-13)10-21-9-11-3-5-12(6-4-11)15(18)19/h3-6,13H,1-2,7-10H2,(H,16,17)(H,18,19). The number of benzene rings is 1. The second-order valence-corrected chi connectivity index (χ2v) is 5.92. The Bertz CT molecular complexity index is 483. The van der Waals surface area contributed by atoms with Crippen LogP contribution >= 0.6 is 11.8 Å². The van der Waals surface area contributed by atoms with Crippen molar-refractivity contribution in [2.24, 2.45) is 0 Å². The molecule has 0 radical (unpaired) electrons. The molecule has 6 heteroatoms. The highest BCUT2D eigenvalue weighted by atomic mass is 32.2. The highest BCUT2D eigenvalue weighted by Gasteiger charge is 2.15. The summed E-state index contributed by atoms with van der Waals surface area (Å²) in [5.74, 6) is 0.168. The minimum atomic E-state index is -0.928. The molecule has 5 nitrogen and oxygen atoms in total. The van der Waals surface area contributed by atoms with Crippen LogP contribution in [0.25, 0.3) is 0 Å². The third-order valence-corrected chi connectivity index (χ3v) is 4.26. The third-order valence-electron chi connectivity index (χ3n) is 3.25. The molecule has 0 bridgehead atoms. The Morgan fingerprint density at radius 2 is 2.10 bits per heavy atom. The lowest BCUT2D eigenvalue weighted by atomic mass is 10.1. The highest BCUT2D eigenvalue weighted by molar-refractivity contribution is 7.99. The van der Waals surface area contributed by atoms with Crippen LogP contribution < -0.4 is 5.32 Å². The minimum absolute atomic E-state index is 0.0117. The molecule has 0 spiro atoms. The molecule has 1 atom stereocenters. The Morgan fingerprint density at radius 3 is 2.71 bits per heavy atom. The Balaban J connectivity index is 1.63. The monoisotopic (exact) mass is 309 g/mol. The number of carbonyl (C=O) groups is 2. The van der Waals surface area contributed by atoms with E-state index >= 15 is 0 Å². The van der Waals surface area contributed by atoms with Gasteiger partial charge in [-0.15, -0.1) is 11.8 Å². The lowest BCUT2D eigenvalue weighted by molar-refractivity contribution is -0.119. The third kappa shape index (κ3) is 5.40. The smallest absolute Gasteiger partial charge is 0.335 e. The molecule has 1 aliphatic rings. The van der Waals surface area contributed by atoms with E-state index in [-0.39, 0.29) is 17.6 Å². The number of hydrogen-bond donors (Lipinski definition) is 2. The molecule has 1 fully saturated rings. The fourth-order valence-electron chi connectivity index (χ4n) is 2.09. The van der Waals surface area contributed by atoms with Crippen LogP contribution in [0.1, 0.15) is 28.8 Å². The summed E-state index contributed by atoms with van der Waals surface area (Å²) in [6, 6.07) is 6.72. The number of carbonyl (C=O) groups excluding carboxylic acids is 1. The number of thioether (sulfide) groups is 1. The molecule has 1 aromatic carbocycles. The van der Waals surface area contributed by atoms with Crippen molar-refractivity contribution in [1.29, 1.82) is 0 Å². The molecule has 114 valence electrons. The van der Waals surface area contributed by atoms with Crippen LogP contribution in [0, 0.1) is 0 Å². The average molecular weight is 309 g/mol. The van der Waals surface area contributed by atoms with Crippen LogP contribution in [0.5, 0.6) is 0 Å². The number of rotatable bonds is 7. The summed E-state index contributed by atoms with van der Waals surface area (Å²) in [5.41, 5.74) is 1.29. The summed E-state index contributed by atoms with van der Waals surface area (Å²) in [6.07, 6.45) is 2.26. The Labute approximate surface area is 128 Å². The van der Waals surface area contributed by atoms with E-state index in [0.717, 1.165) is 25.0 Å². The summed E-state index contributed by atoms with van der Waals surface area (Å²) < 4.78 is 5.44. The van der Waals surface area contributed by atoms with E-state index in [0.29, 0.717) is 18.1 Å². The number of amides is 1. The molecule has 1 saturated heterocycles. The Hall–Kier alpha value is -1.53. The predicted octanol–water partition coefficient (Wildman–Crippen LogP) is 1.91. The molecule has 1 aliphatic heterocycles. The number of carboxylic acids is 1. The van der Waals surface area contributed by atoms with Crippen molar-refractivity contribution in [2.45, 2.75) is 24.7 Å². The van der Waals surface area contributed by atoms with Crippen LogP contribution in [-0.2, 0) is 15.3 Å². The van der Waals surface area contributed by atoms with E-state index in [1.54, 1.807) is 24.3 Å². The van der Waals surface area contributed by atoms with E-state index in [4.69, 9.17) is 9.84 Å². The zero-order valence-electron chi connectivity index (χ0n) is 11.7. The maximum absolute atomic E-state index is 11.7. The molecule has 1 aromatic rings. The molecular formula is C15H19NO4S. The Kier molecular flexibility index (Phi) is 6.07. The van der Waals surface area contributed by atoms with Gasteiger partial charge in [-0.05, 0) is 30.5 Å². The molecule has 2 rings (SSSR count). The first-order valence-electron chi connectivity index (χ1n) is 6.93. The van der Waals surface area contributed by atoms with Gasteiger partial charge in [0, 0.05) is 18.9 Å². The van der Waals surface area contributed by atoms with Gasteiger partial charge >= 0.3 is 5.97 Å². The van der Waals surface area contributed by atoms with Crippen LogP contribution in [0.2, 0.25) is 0 Å². The summed E-state index contributed by atoms with van der Waals surface area (Å²) in [6.45, 7) is 1.38. The second-order valence-electron chi connectivity index (χ2n) is 4.93. The predicted molar refractivity (Wildman–Crippen MR) is 81.5 cm³/mol. The van der Waals surface area contributed by atoms with Crippen LogP contribution in [0.15, 0.2) is 24.3 Å². The van der Waals surface area contributed by atoms with Gasteiger partial charge in [-0.3, -0.25) is 4.79 Å². The number of nitrogens with one attached hydrogen (secondary N) is 1. The lowest BCUT2D eigenvalue weighted by Gasteiger charge is -2.10. The normalized spacial score (nSPS) is 17.6. The van der Waals surface area contributed by atoms with Crippen LogP contribution in [0.4, 0.5) is 0 Å². The minimum Gasteiger partial charge on any atom is -0.478 e. The zero-order chi connectivity index (χ0) is 15.1. The van der Waals surface area contributed by atoms with E-state index in [2.05, 4.69) is 5.32 Å². The topological polar surface area (TPSA) is 75.6 Å². The first kappa shape index (κ1) is 15.9. The van der Waals surface area contributed by atoms with Gasteiger partial charge in [0.25, 0.3) is 0 Å². The van der Waals surface area contributed by atoms with Crippen LogP contribution in [0.3, 0.4) is 0 Å². The highest BCUT2D eigenvalue weighted by Crippen LogP contribution is 2.14. The van der Waals surface area contributed by atoms with Gasteiger partial charge in [-0.2, -0.15) is 0 Å². The molecular weight excluding hydrogens is 290 g/mol. The molecule has 0 saturated carbocycles.